The second-order valence-electron chi connectivity index (χ2n) is 3.77. The smallest absolute Gasteiger partial charge is 0.0667 e. The molecule has 0 spiro atoms. The summed E-state index contributed by atoms with van der Waals surface area (Å²) in [6.07, 6.45) is 1.44. The lowest BCUT2D eigenvalue weighted by atomic mass is 10.0. The predicted molar refractivity (Wildman–Crippen MR) is 48.0 cm³/mol. The summed E-state index contributed by atoms with van der Waals surface area (Å²) in [5, 5.41) is 18.7. The second kappa shape index (κ2) is 4.21. The third-order valence-corrected chi connectivity index (χ3v) is 2.70. The topological polar surface area (TPSA) is 43.7 Å². The van der Waals surface area contributed by atoms with Crippen LogP contribution >= 0.6 is 0 Å². The third kappa shape index (κ3) is 2.44. The Labute approximate surface area is 74.0 Å². The van der Waals surface area contributed by atoms with Crippen LogP contribution in [0.25, 0.3) is 0 Å². The van der Waals surface area contributed by atoms with E-state index in [2.05, 4.69) is 4.90 Å². The van der Waals surface area contributed by atoms with Crippen molar-refractivity contribution in [1.82, 2.24) is 4.90 Å². The lowest BCUT2D eigenvalue weighted by Crippen LogP contribution is -2.47. The van der Waals surface area contributed by atoms with Crippen LogP contribution in [0.5, 0.6) is 0 Å². The molecule has 1 heterocycles. The Kier molecular flexibility index (Phi) is 3.50. The molecule has 1 saturated heterocycles. The van der Waals surface area contributed by atoms with E-state index in [1.807, 2.05) is 6.92 Å². The molecular formula is C9H19NO2. The van der Waals surface area contributed by atoms with Crippen molar-refractivity contribution in [2.24, 2.45) is 0 Å². The molecule has 72 valence electrons. The Morgan fingerprint density at radius 1 is 1.42 bits per heavy atom. The van der Waals surface area contributed by atoms with E-state index in [9.17, 15) is 10.2 Å². The first kappa shape index (κ1) is 9.96. The number of hydrogen-bond acceptors (Lipinski definition) is 3. The zero-order chi connectivity index (χ0) is 9.14. The number of aliphatic hydroxyl groups excluding tert-OH is 2. The lowest BCUT2D eigenvalue weighted by molar-refractivity contribution is 0.00959. The fourth-order valence-corrected chi connectivity index (χ4v) is 1.66. The van der Waals surface area contributed by atoms with Crippen molar-refractivity contribution in [3.63, 3.8) is 0 Å². The minimum absolute atomic E-state index is 0.167. The van der Waals surface area contributed by atoms with Crippen molar-refractivity contribution in [3.05, 3.63) is 0 Å². The molecule has 1 fully saturated rings. The van der Waals surface area contributed by atoms with Crippen LogP contribution in [0.3, 0.4) is 0 Å². The van der Waals surface area contributed by atoms with Gasteiger partial charge in [-0.3, -0.25) is 4.90 Å². The van der Waals surface area contributed by atoms with Crippen molar-refractivity contribution in [1.29, 1.82) is 0 Å². The number of rotatable bonds is 2. The quantitative estimate of drug-likeness (QED) is 0.627. The van der Waals surface area contributed by atoms with E-state index in [0.717, 1.165) is 19.4 Å². The molecule has 3 nitrogen and oxygen atoms in total. The number of piperidine rings is 1. The normalized spacial score (nSPS) is 31.5. The molecule has 0 saturated carbocycles. The van der Waals surface area contributed by atoms with Crippen LogP contribution in [0.1, 0.15) is 26.7 Å². The van der Waals surface area contributed by atoms with Crippen LogP contribution in [0.15, 0.2) is 0 Å². The number of aliphatic hydroxyl groups is 2. The Morgan fingerprint density at radius 3 is 2.58 bits per heavy atom. The van der Waals surface area contributed by atoms with Gasteiger partial charge in [-0.15, -0.1) is 0 Å². The van der Waals surface area contributed by atoms with Gasteiger partial charge >= 0.3 is 0 Å². The summed E-state index contributed by atoms with van der Waals surface area (Å²) in [6.45, 7) is 5.52. The molecule has 0 bridgehead atoms. The first-order chi connectivity index (χ1) is 5.61. The van der Waals surface area contributed by atoms with E-state index < -0.39 is 0 Å². The molecule has 12 heavy (non-hydrogen) atoms. The number of nitrogens with zero attached hydrogens (tertiary/aromatic N) is 1. The van der Waals surface area contributed by atoms with E-state index in [-0.39, 0.29) is 18.2 Å². The summed E-state index contributed by atoms with van der Waals surface area (Å²) in [5.41, 5.74) is 0. The van der Waals surface area contributed by atoms with E-state index in [1.165, 1.54) is 0 Å². The molecule has 3 heteroatoms. The van der Waals surface area contributed by atoms with E-state index in [0.29, 0.717) is 6.54 Å². The van der Waals surface area contributed by atoms with E-state index >= 15 is 0 Å². The summed E-state index contributed by atoms with van der Waals surface area (Å²) in [6, 6.07) is 0.167. The second-order valence-corrected chi connectivity index (χ2v) is 3.77. The molecule has 1 aliphatic heterocycles. The lowest BCUT2D eigenvalue weighted by Gasteiger charge is -2.36. The van der Waals surface area contributed by atoms with Crippen molar-refractivity contribution in [2.45, 2.75) is 44.9 Å². The molecule has 0 aromatic heterocycles. The number of hydrogen-bond donors (Lipinski definition) is 2. The molecular weight excluding hydrogens is 154 g/mol. The predicted octanol–water partition coefficient (Wildman–Crippen LogP) is 0.212. The van der Waals surface area contributed by atoms with E-state index in [1.54, 1.807) is 6.92 Å². The van der Waals surface area contributed by atoms with Gasteiger partial charge < -0.3 is 10.2 Å². The summed E-state index contributed by atoms with van der Waals surface area (Å²) in [5.74, 6) is 0. The number of β-amino-alcohol motifs (C(OH)–C–C–N with tert-alkyl or cyclic N) is 1. The molecule has 3 atom stereocenters. The van der Waals surface area contributed by atoms with Crippen LogP contribution < -0.4 is 0 Å². The maximum atomic E-state index is 9.39. The maximum absolute atomic E-state index is 9.39. The maximum Gasteiger partial charge on any atom is 0.0667 e. The summed E-state index contributed by atoms with van der Waals surface area (Å²) in [4.78, 5) is 2.15. The highest BCUT2D eigenvalue weighted by Crippen LogP contribution is 2.14. The van der Waals surface area contributed by atoms with E-state index in [4.69, 9.17) is 0 Å². The van der Waals surface area contributed by atoms with Gasteiger partial charge in [0.1, 0.15) is 0 Å². The van der Waals surface area contributed by atoms with Gasteiger partial charge in [-0.25, -0.2) is 0 Å². The summed E-state index contributed by atoms with van der Waals surface area (Å²) in [7, 11) is 0. The molecule has 0 radical (unpaired) electrons. The first-order valence-corrected chi connectivity index (χ1v) is 4.71. The molecule has 0 aromatic rings. The fraction of sp³-hybridized carbons (Fsp3) is 1.00. The standard InChI is InChI=1S/C9H19NO2/c1-7(8(2)11)10-5-3-4-9(12)6-10/h7-9,11-12H,3-6H2,1-2H3. The monoisotopic (exact) mass is 173 g/mol. The molecule has 3 unspecified atom stereocenters. The third-order valence-electron chi connectivity index (χ3n) is 2.70. The summed E-state index contributed by atoms with van der Waals surface area (Å²) < 4.78 is 0. The Bertz CT molecular complexity index is 138. The van der Waals surface area contributed by atoms with Gasteiger partial charge in [-0.2, -0.15) is 0 Å². The van der Waals surface area contributed by atoms with Crippen molar-refractivity contribution >= 4 is 0 Å². The zero-order valence-corrected chi connectivity index (χ0v) is 7.90. The van der Waals surface area contributed by atoms with Crippen molar-refractivity contribution < 1.29 is 10.2 Å². The fourth-order valence-electron chi connectivity index (χ4n) is 1.66. The molecule has 0 amide bonds. The number of likely N-dealkylation sites (tertiary alicyclic amines) is 1. The largest absolute Gasteiger partial charge is 0.392 e. The Balaban J connectivity index is 2.40. The highest BCUT2D eigenvalue weighted by molar-refractivity contribution is 4.78. The molecule has 1 aliphatic rings. The van der Waals surface area contributed by atoms with Gasteiger partial charge in [0.15, 0.2) is 0 Å². The van der Waals surface area contributed by atoms with Gasteiger partial charge in [0.25, 0.3) is 0 Å². The minimum atomic E-state index is -0.310. The summed E-state index contributed by atoms with van der Waals surface area (Å²) >= 11 is 0. The molecule has 0 aromatic carbocycles. The van der Waals surface area contributed by atoms with Crippen molar-refractivity contribution in [2.75, 3.05) is 13.1 Å². The van der Waals surface area contributed by atoms with Crippen LogP contribution in [-0.4, -0.2) is 46.5 Å². The van der Waals surface area contributed by atoms with Crippen LogP contribution in [-0.2, 0) is 0 Å². The van der Waals surface area contributed by atoms with Gasteiger partial charge in [0.2, 0.25) is 0 Å². The van der Waals surface area contributed by atoms with Gasteiger partial charge in [0, 0.05) is 12.6 Å². The van der Waals surface area contributed by atoms with Gasteiger partial charge in [-0.1, -0.05) is 0 Å². The molecule has 1 rings (SSSR count). The Morgan fingerprint density at radius 2 is 2.08 bits per heavy atom. The van der Waals surface area contributed by atoms with Crippen LogP contribution in [0.2, 0.25) is 0 Å². The zero-order valence-electron chi connectivity index (χ0n) is 7.90. The minimum Gasteiger partial charge on any atom is -0.392 e. The SMILES string of the molecule is CC(O)C(C)N1CCCC(O)C1. The molecule has 0 aliphatic carbocycles. The van der Waals surface area contributed by atoms with Gasteiger partial charge in [-0.05, 0) is 33.2 Å². The Hall–Kier alpha value is -0.120. The average molecular weight is 173 g/mol. The average Bonchev–Trinajstić information content (AvgIpc) is 2.03. The van der Waals surface area contributed by atoms with Crippen molar-refractivity contribution in [3.8, 4) is 0 Å². The first-order valence-electron chi connectivity index (χ1n) is 4.71. The highest BCUT2D eigenvalue weighted by Gasteiger charge is 2.24. The van der Waals surface area contributed by atoms with Crippen LogP contribution in [0, 0.1) is 0 Å². The molecule has 2 N–H and O–H groups in total. The van der Waals surface area contributed by atoms with Crippen LogP contribution in [0.4, 0.5) is 0 Å². The highest BCUT2D eigenvalue weighted by atomic mass is 16.3. The van der Waals surface area contributed by atoms with Gasteiger partial charge in [0.05, 0.1) is 12.2 Å².